The Hall–Kier alpha value is -1.01. The Kier molecular flexibility index (Phi) is 5.87. The summed E-state index contributed by atoms with van der Waals surface area (Å²) in [6, 6.07) is 0. The number of carbonyl (C=O) groups is 1. The van der Waals surface area contributed by atoms with Crippen molar-refractivity contribution in [3.63, 3.8) is 0 Å². The molecule has 19 heavy (non-hydrogen) atoms. The molecule has 0 saturated heterocycles. The number of nitrogens with two attached hydrogens (primary N) is 1. The number of aromatic nitrogens is 1. The van der Waals surface area contributed by atoms with Crippen molar-refractivity contribution in [1.82, 2.24) is 4.98 Å². The molecule has 1 heterocycles. The molecule has 108 valence electrons. The number of nitrogens with zero attached hydrogens (tertiary/aromatic N) is 1. The van der Waals surface area contributed by atoms with E-state index < -0.39 is 5.54 Å². The van der Waals surface area contributed by atoms with E-state index in [0.717, 1.165) is 23.6 Å². The van der Waals surface area contributed by atoms with Crippen LogP contribution >= 0.6 is 11.8 Å². The van der Waals surface area contributed by atoms with Gasteiger partial charge >= 0.3 is 5.97 Å². The second kappa shape index (κ2) is 6.96. The van der Waals surface area contributed by atoms with Crippen LogP contribution in [0.5, 0.6) is 0 Å². The Balaban J connectivity index is 2.32. The molecule has 5 nitrogen and oxygen atoms in total. The fraction of sp³-hybridized carbons (Fsp3) is 0.692. The Morgan fingerprint density at radius 3 is 2.74 bits per heavy atom. The van der Waals surface area contributed by atoms with Gasteiger partial charge in [-0.25, -0.2) is 4.98 Å². The second-order valence-electron chi connectivity index (χ2n) is 4.71. The molecule has 0 bridgehead atoms. The Morgan fingerprint density at radius 2 is 2.21 bits per heavy atom. The van der Waals surface area contributed by atoms with Crippen molar-refractivity contribution in [2.24, 2.45) is 5.73 Å². The maximum Gasteiger partial charge on any atom is 0.325 e. The average molecular weight is 286 g/mol. The van der Waals surface area contributed by atoms with Gasteiger partial charge in [-0.1, -0.05) is 11.8 Å². The van der Waals surface area contributed by atoms with Crippen LogP contribution in [0.4, 0.5) is 0 Å². The first-order chi connectivity index (χ1) is 8.86. The van der Waals surface area contributed by atoms with Gasteiger partial charge in [-0.15, -0.1) is 0 Å². The molecule has 1 atom stereocenters. The summed E-state index contributed by atoms with van der Waals surface area (Å²) in [6.45, 7) is 7.64. The van der Waals surface area contributed by atoms with Crippen LogP contribution < -0.4 is 5.73 Å². The van der Waals surface area contributed by atoms with Crippen LogP contribution in [-0.2, 0) is 9.53 Å². The zero-order chi connectivity index (χ0) is 14.5. The first kappa shape index (κ1) is 16.0. The molecule has 1 aromatic heterocycles. The van der Waals surface area contributed by atoms with Crippen molar-refractivity contribution in [2.45, 2.75) is 51.3 Å². The maximum absolute atomic E-state index is 11.6. The molecular formula is C13H22N2O3S. The highest BCUT2D eigenvalue weighted by molar-refractivity contribution is 7.99. The normalized spacial score (nSPS) is 14.2. The lowest BCUT2D eigenvalue weighted by molar-refractivity contribution is -0.149. The van der Waals surface area contributed by atoms with Gasteiger partial charge < -0.3 is 14.9 Å². The highest BCUT2D eigenvalue weighted by Crippen LogP contribution is 2.22. The number of rotatable bonds is 7. The van der Waals surface area contributed by atoms with Gasteiger partial charge in [0.15, 0.2) is 0 Å². The van der Waals surface area contributed by atoms with Crippen LogP contribution in [0.15, 0.2) is 9.64 Å². The minimum absolute atomic E-state index is 0.345. The molecule has 0 saturated carbocycles. The van der Waals surface area contributed by atoms with Crippen LogP contribution in [0, 0.1) is 13.8 Å². The number of oxazole rings is 1. The molecule has 0 spiro atoms. The molecule has 0 aromatic carbocycles. The predicted octanol–water partition coefficient (Wildman–Crippen LogP) is 2.44. The van der Waals surface area contributed by atoms with Crippen molar-refractivity contribution >= 4 is 17.7 Å². The minimum Gasteiger partial charge on any atom is -0.465 e. The van der Waals surface area contributed by atoms with Gasteiger partial charge in [0.25, 0.3) is 5.22 Å². The number of thioether (sulfide) groups is 1. The number of hydrogen-bond acceptors (Lipinski definition) is 6. The lowest BCUT2D eigenvalue weighted by Crippen LogP contribution is -2.46. The highest BCUT2D eigenvalue weighted by atomic mass is 32.2. The van der Waals surface area contributed by atoms with Crippen molar-refractivity contribution in [2.75, 3.05) is 12.4 Å². The molecule has 1 aromatic rings. The van der Waals surface area contributed by atoms with E-state index in [4.69, 9.17) is 14.9 Å². The van der Waals surface area contributed by atoms with Crippen LogP contribution in [0.3, 0.4) is 0 Å². The number of aryl methyl sites for hydroxylation is 2. The summed E-state index contributed by atoms with van der Waals surface area (Å²) in [6.07, 6.45) is 1.38. The Bertz CT molecular complexity index is 410. The molecule has 0 aliphatic carbocycles. The first-order valence-corrected chi connectivity index (χ1v) is 7.38. The molecule has 1 unspecified atom stereocenters. The van der Waals surface area contributed by atoms with Crippen molar-refractivity contribution in [1.29, 1.82) is 0 Å². The smallest absolute Gasteiger partial charge is 0.325 e. The summed E-state index contributed by atoms with van der Waals surface area (Å²) < 4.78 is 10.4. The van der Waals surface area contributed by atoms with Gasteiger partial charge in [-0.3, -0.25) is 4.79 Å². The molecule has 6 heteroatoms. The van der Waals surface area contributed by atoms with Gasteiger partial charge in [-0.2, -0.15) is 0 Å². The third-order valence-electron chi connectivity index (χ3n) is 2.82. The monoisotopic (exact) mass is 286 g/mol. The van der Waals surface area contributed by atoms with Crippen LogP contribution in [0.2, 0.25) is 0 Å². The number of ether oxygens (including phenoxy) is 1. The van der Waals surface area contributed by atoms with Crippen LogP contribution in [0.25, 0.3) is 0 Å². The topological polar surface area (TPSA) is 78.4 Å². The molecule has 0 fully saturated rings. The van der Waals surface area contributed by atoms with Gasteiger partial charge in [0.2, 0.25) is 0 Å². The Morgan fingerprint density at radius 1 is 1.53 bits per heavy atom. The summed E-state index contributed by atoms with van der Waals surface area (Å²) in [4.78, 5) is 15.9. The fourth-order valence-electron chi connectivity index (χ4n) is 1.50. The van der Waals surface area contributed by atoms with E-state index >= 15 is 0 Å². The van der Waals surface area contributed by atoms with E-state index in [2.05, 4.69) is 4.98 Å². The summed E-state index contributed by atoms with van der Waals surface area (Å²) in [7, 11) is 0. The van der Waals surface area contributed by atoms with E-state index in [1.165, 1.54) is 11.8 Å². The third kappa shape index (κ3) is 4.87. The summed E-state index contributed by atoms with van der Waals surface area (Å²) in [5.41, 5.74) is 5.93. The highest BCUT2D eigenvalue weighted by Gasteiger charge is 2.29. The van der Waals surface area contributed by atoms with Gasteiger partial charge in [0.05, 0.1) is 12.3 Å². The van der Waals surface area contributed by atoms with Crippen molar-refractivity contribution < 1.29 is 13.9 Å². The standard InChI is InChI=1S/C13H22N2O3S/c1-5-17-11(16)13(4,14)7-6-8-19-12-15-9(2)10(3)18-12/h5-8,14H2,1-4H3. The summed E-state index contributed by atoms with van der Waals surface area (Å²) in [5, 5.41) is 0.671. The SMILES string of the molecule is CCOC(=O)C(C)(N)CCCSc1nc(C)c(C)o1. The van der Waals surface area contributed by atoms with Gasteiger partial charge in [0, 0.05) is 5.75 Å². The fourth-order valence-corrected chi connectivity index (χ4v) is 2.35. The molecule has 1 rings (SSSR count). The second-order valence-corrected chi connectivity index (χ2v) is 5.76. The molecule has 2 N–H and O–H groups in total. The lowest BCUT2D eigenvalue weighted by atomic mass is 9.98. The van der Waals surface area contributed by atoms with E-state index in [-0.39, 0.29) is 5.97 Å². The maximum atomic E-state index is 11.6. The zero-order valence-corrected chi connectivity index (χ0v) is 12.8. The molecular weight excluding hydrogens is 264 g/mol. The van der Waals surface area contributed by atoms with Crippen molar-refractivity contribution in [3.8, 4) is 0 Å². The molecule has 0 aliphatic rings. The van der Waals surface area contributed by atoms with Crippen molar-refractivity contribution in [3.05, 3.63) is 11.5 Å². The van der Waals surface area contributed by atoms with Crippen LogP contribution in [0.1, 0.15) is 38.1 Å². The lowest BCUT2D eigenvalue weighted by Gasteiger charge is -2.21. The average Bonchev–Trinajstić information content (AvgIpc) is 2.65. The van der Waals surface area contributed by atoms with E-state index in [0.29, 0.717) is 18.3 Å². The summed E-state index contributed by atoms with van der Waals surface area (Å²) >= 11 is 1.54. The quantitative estimate of drug-likeness (QED) is 0.471. The number of hydrogen-bond donors (Lipinski definition) is 1. The van der Waals surface area contributed by atoms with E-state index in [1.807, 2.05) is 13.8 Å². The Labute approximate surface area is 118 Å². The third-order valence-corrected chi connectivity index (χ3v) is 3.73. The van der Waals surface area contributed by atoms with Crippen LogP contribution in [-0.4, -0.2) is 28.9 Å². The number of esters is 1. The summed E-state index contributed by atoms with van der Waals surface area (Å²) in [5.74, 6) is 1.31. The molecule has 0 radical (unpaired) electrons. The minimum atomic E-state index is -0.918. The predicted molar refractivity (Wildman–Crippen MR) is 75.2 cm³/mol. The largest absolute Gasteiger partial charge is 0.465 e. The zero-order valence-electron chi connectivity index (χ0n) is 12.0. The van der Waals surface area contributed by atoms with Gasteiger partial charge in [-0.05, 0) is 40.5 Å². The van der Waals surface area contributed by atoms with E-state index in [1.54, 1.807) is 13.8 Å². The van der Waals surface area contributed by atoms with Gasteiger partial charge in [0.1, 0.15) is 11.3 Å². The molecule has 0 amide bonds. The molecule has 0 aliphatic heterocycles. The first-order valence-electron chi connectivity index (χ1n) is 6.39. The van der Waals surface area contributed by atoms with E-state index in [9.17, 15) is 4.79 Å². The number of carbonyl (C=O) groups excluding carboxylic acids is 1.